The van der Waals surface area contributed by atoms with E-state index in [0.717, 1.165) is 25.7 Å². The van der Waals surface area contributed by atoms with Gasteiger partial charge in [0.25, 0.3) is 0 Å². The summed E-state index contributed by atoms with van der Waals surface area (Å²) in [5.74, 6) is 1.29. The SMILES string of the molecule is CC(C)CCC(=O)NC(C)(C)CCC(C)CCC(=O)NC(C)(C)C. The molecule has 0 aromatic rings. The molecule has 142 valence electrons. The number of nitrogens with one attached hydrogen (secondary N) is 2. The summed E-state index contributed by atoms with van der Waals surface area (Å²) in [7, 11) is 0. The summed E-state index contributed by atoms with van der Waals surface area (Å²) >= 11 is 0. The zero-order valence-electron chi connectivity index (χ0n) is 17.2. The van der Waals surface area contributed by atoms with Gasteiger partial charge >= 0.3 is 0 Å². The Kier molecular flexibility index (Phi) is 9.61. The Balaban J connectivity index is 4.08. The lowest BCUT2D eigenvalue weighted by Gasteiger charge is -2.28. The van der Waals surface area contributed by atoms with E-state index in [1.807, 2.05) is 20.8 Å². The van der Waals surface area contributed by atoms with Gasteiger partial charge in [0.05, 0.1) is 0 Å². The van der Waals surface area contributed by atoms with E-state index in [-0.39, 0.29) is 22.9 Å². The Morgan fingerprint density at radius 1 is 0.792 bits per heavy atom. The number of hydrogen-bond acceptors (Lipinski definition) is 2. The molecular formula is C20H40N2O2. The van der Waals surface area contributed by atoms with Crippen LogP contribution >= 0.6 is 0 Å². The van der Waals surface area contributed by atoms with Crippen molar-refractivity contribution < 1.29 is 9.59 Å². The zero-order chi connectivity index (χ0) is 19.0. The van der Waals surface area contributed by atoms with Crippen molar-refractivity contribution in [2.45, 2.75) is 105 Å². The van der Waals surface area contributed by atoms with Crippen LogP contribution in [-0.4, -0.2) is 22.9 Å². The summed E-state index contributed by atoms with van der Waals surface area (Å²) in [6.07, 6.45) is 4.94. The van der Waals surface area contributed by atoms with Crippen molar-refractivity contribution in [3.8, 4) is 0 Å². The van der Waals surface area contributed by atoms with Gasteiger partial charge in [0.15, 0.2) is 0 Å². The summed E-state index contributed by atoms with van der Waals surface area (Å²) in [6, 6.07) is 0. The van der Waals surface area contributed by atoms with Crippen LogP contribution in [0.2, 0.25) is 0 Å². The fraction of sp³-hybridized carbons (Fsp3) is 0.900. The molecule has 0 rings (SSSR count). The fourth-order valence-corrected chi connectivity index (χ4v) is 2.53. The smallest absolute Gasteiger partial charge is 0.220 e. The first-order valence-corrected chi connectivity index (χ1v) is 9.43. The van der Waals surface area contributed by atoms with Crippen molar-refractivity contribution in [1.29, 1.82) is 0 Å². The minimum absolute atomic E-state index is 0.121. The molecule has 2 N–H and O–H groups in total. The lowest BCUT2D eigenvalue weighted by atomic mass is 9.90. The molecule has 2 amide bonds. The number of carbonyl (C=O) groups is 2. The van der Waals surface area contributed by atoms with Gasteiger partial charge in [-0.05, 0) is 72.1 Å². The molecule has 4 heteroatoms. The van der Waals surface area contributed by atoms with Crippen LogP contribution in [0.3, 0.4) is 0 Å². The van der Waals surface area contributed by atoms with Gasteiger partial charge < -0.3 is 10.6 Å². The van der Waals surface area contributed by atoms with Crippen molar-refractivity contribution in [3.63, 3.8) is 0 Å². The summed E-state index contributed by atoms with van der Waals surface area (Å²) in [4.78, 5) is 23.9. The number of amides is 2. The molecule has 0 aliphatic carbocycles. The van der Waals surface area contributed by atoms with Gasteiger partial charge in [-0.15, -0.1) is 0 Å². The minimum atomic E-state index is -0.185. The lowest BCUT2D eigenvalue weighted by Crippen LogP contribution is -2.43. The summed E-state index contributed by atoms with van der Waals surface area (Å²) in [5.41, 5.74) is -0.349. The summed E-state index contributed by atoms with van der Waals surface area (Å²) in [6.45, 7) is 16.6. The monoisotopic (exact) mass is 340 g/mol. The van der Waals surface area contributed by atoms with Crippen molar-refractivity contribution in [3.05, 3.63) is 0 Å². The van der Waals surface area contributed by atoms with E-state index in [2.05, 4.69) is 45.3 Å². The van der Waals surface area contributed by atoms with Crippen LogP contribution in [-0.2, 0) is 9.59 Å². The van der Waals surface area contributed by atoms with Gasteiger partial charge in [0.1, 0.15) is 0 Å². The third-order valence-corrected chi connectivity index (χ3v) is 4.07. The van der Waals surface area contributed by atoms with Gasteiger partial charge in [0, 0.05) is 23.9 Å². The Morgan fingerprint density at radius 3 is 1.79 bits per heavy atom. The first-order valence-electron chi connectivity index (χ1n) is 9.43. The van der Waals surface area contributed by atoms with Gasteiger partial charge in [-0.3, -0.25) is 9.59 Å². The normalized spacial score (nSPS) is 13.7. The van der Waals surface area contributed by atoms with E-state index < -0.39 is 0 Å². The standard InChI is InChI=1S/C20H40N2O2/c1-15(2)9-11-18(24)22-20(7,8)14-13-16(3)10-12-17(23)21-19(4,5)6/h15-16H,9-14H2,1-8H3,(H,21,23)(H,22,24). The zero-order valence-corrected chi connectivity index (χ0v) is 17.2. The van der Waals surface area contributed by atoms with E-state index in [1.165, 1.54) is 0 Å². The van der Waals surface area contributed by atoms with E-state index >= 15 is 0 Å². The molecule has 4 nitrogen and oxygen atoms in total. The highest BCUT2D eigenvalue weighted by atomic mass is 16.2. The Hall–Kier alpha value is -1.06. The van der Waals surface area contributed by atoms with Crippen molar-refractivity contribution in [1.82, 2.24) is 10.6 Å². The molecule has 1 unspecified atom stereocenters. The average Bonchev–Trinajstić information content (AvgIpc) is 2.38. The summed E-state index contributed by atoms with van der Waals surface area (Å²) < 4.78 is 0. The highest BCUT2D eigenvalue weighted by Crippen LogP contribution is 2.20. The predicted molar refractivity (Wildman–Crippen MR) is 102 cm³/mol. The number of hydrogen-bond donors (Lipinski definition) is 2. The van der Waals surface area contributed by atoms with Gasteiger partial charge in [-0.25, -0.2) is 0 Å². The molecular weight excluding hydrogens is 300 g/mol. The molecule has 0 saturated carbocycles. The molecule has 0 aliphatic heterocycles. The quantitative estimate of drug-likeness (QED) is 0.618. The van der Waals surface area contributed by atoms with E-state index in [0.29, 0.717) is 24.7 Å². The van der Waals surface area contributed by atoms with Crippen LogP contribution in [0.5, 0.6) is 0 Å². The molecule has 0 aromatic heterocycles. The number of rotatable bonds is 10. The van der Waals surface area contributed by atoms with E-state index in [1.54, 1.807) is 0 Å². The van der Waals surface area contributed by atoms with Crippen LogP contribution in [0, 0.1) is 11.8 Å². The maximum Gasteiger partial charge on any atom is 0.220 e. The van der Waals surface area contributed by atoms with Gasteiger partial charge in [-0.1, -0.05) is 20.8 Å². The molecule has 0 saturated heterocycles. The molecule has 24 heavy (non-hydrogen) atoms. The largest absolute Gasteiger partial charge is 0.352 e. The molecule has 0 bridgehead atoms. The Morgan fingerprint density at radius 2 is 1.29 bits per heavy atom. The van der Waals surface area contributed by atoms with Crippen molar-refractivity contribution >= 4 is 11.8 Å². The summed E-state index contributed by atoms with van der Waals surface area (Å²) in [5, 5.41) is 6.14. The predicted octanol–water partition coefficient (Wildman–Crippen LogP) is 4.43. The van der Waals surface area contributed by atoms with Crippen LogP contribution in [0.4, 0.5) is 0 Å². The first-order chi connectivity index (χ1) is 10.8. The maximum atomic E-state index is 12.0. The molecule has 0 fully saturated rings. The Bertz CT molecular complexity index is 395. The second kappa shape index (κ2) is 10.0. The van der Waals surface area contributed by atoms with Gasteiger partial charge in [-0.2, -0.15) is 0 Å². The molecule has 0 aromatic carbocycles. The second-order valence-electron chi connectivity index (χ2n) is 9.35. The first kappa shape index (κ1) is 22.9. The van der Waals surface area contributed by atoms with Crippen molar-refractivity contribution in [2.24, 2.45) is 11.8 Å². The van der Waals surface area contributed by atoms with Crippen molar-refractivity contribution in [2.75, 3.05) is 0 Å². The van der Waals surface area contributed by atoms with Crippen LogP contribution < -0.4 is 10.6 Å². The number of carbonyl (C=O) groups excluding carboxylic acids is 2. The third-order valence-electron chi connectivity index (χ3n) is 4.07. The highest BCUT2D eigenvalue weighted by molar-refractivity contribution is 5.77. The fourth-order valence-electron chi connectivity index (χ4n) is 2.53. The second-order valence-corrected chi connectivity index (χ2v) is 9.35. The molecule has 0 spiro atoms. The molecule has 0 aliphatic rings. The van der Waals surface area contributed by atoms with E-state index in [4.69, 9.17) is 0 Å². The molecule has 0 heterocycles. The minimum Gasteiger partial charge on any atom is -0.352 e. The van der Waals surface area contributed by atoms with Crippen LogP contribution in [0.25, 0.3) is 0 Å². The maximum absolute atomic E-state index is 12.0. The molecule has 1 atom stereocenters. The third kappa shape index (κ3) is 13.4. The van der Waals surface area contributed by atoms with Crippen LogP contribution in [0.15, 0.2) is 0 Å². The van der Waals surface area contributed by atoms with Gasteiger partial charge in [0.2, 0.25) is 11.8 Å². The van der Waals surface area contributed by atoms with Crippen LogP contribution in [0.1, 0.15) is 93.9 Å². The topological polar surface area (TPSA) is 58.2 Å². The highest BCUT2D eigenvalue weighted by Gasteiger charge is 2.21. The molecule has 0 radical (unpaired) electrons. The van der Waals surface area contributed by atoms with E-state index in [9.17, 15) is 9.59 Å². The Labute approximate surface area is 149 Å². The average molecular weight is 341 g/mol. The lowest BCUT2D eigenvalue weighted by molar-refractivity contribution is -0.123.